The van der Waals surface area contributed by atoms with Gasteiger partial charge in [-0.2, -0.15) is 0 Å². The van der Waals surface area contributed by atoms with E-state index in [4.69, 9.17) is 4.42 Å². The number of likely N-dealkylation sites (tertiary alicyclic amines) is 1. The average molecular weight is 352 g/mol. The molecular formula is C20H24N4O2. The van der Waals surface area contributed by atoms with Crippen LogP contribution in [0.3, 0.4) is 0 Å². The molecule has 26 heavy (non-hydrogen) atoms. The molecule has 6 nitrogen and oxygen atoms in total. The predicted molar refractivity (Wildman–Crippen MR) is 99.0 cm³/mol. The van der Waals surface area contributed by atoms with Crippen molar-refractivity contribution < 1.29 is 9.21 Å². The quantitative estimate of drug-likeness (QED) is 0.778. The van der Waals surface area contributed by atoms with Crippen LogP contribution in [0, 0.1) is 6.92 Å². The molecule has 1 fully saturated rings. The minimum atomic E-state index is -0.0208. The van der Waals surface area contributed by atoms with Gasteiger partial charge in [0.25, 0.3) is 0 Å². The number of carbonyl (C=O) groups is 1. The van der Waals surface area contributed by atoms with E-state index in [0.29, 0.717) is 13.0 Å². The summed E-state index contributed by atoms with van der Waals surface area (Å²) in [6.07, 6.45) is 7.81. The van der Waals surface area contributed by atoms with Crippen LogP contribution in [0.1, 0.15) is 42.5 Å². The van der Waals surface area contributed by atoms with Crippen LogP contribution in [0.25, 0.3) is 5.65 Å². The maximum absolute atomic E-state index is 12.7. The van der Waals surface area contributed by atoms with E-state index in [1.54, 1.807) is 0 Å². The highest BCUT2D eigenvalue weighted by Gasteiger charge is 2.29. The average Bonchev–Trinajstić information content (AvgIpc) is 3.27. The van der Waals surface area contributed by atoms with Gasteiger partial charge in [0.1, 0.15) is 17.2 Å². The molecule has 4 heterocycles. The zero-order valence-electron chi connectivity index (χ0n) is 15.0. The molecule has 0 spiro atoms. The van der Waals surface area contributed by atoms with E-state index in [0.717, 1.165) is 48.7 Å². The van der Waals surface area contributed by atoms with Crippen molar-refractivity contribution in [2.45, 2.75) is 38.6 Å². The molecule has 1 N–H and O–H groups in total. The van der Waals surface area contributed by atoms with Crippen LogP contribution in [0.4, 0.5) is 4.79 Å². The Hall–Kier alpha value is -2.76. The fourth-order valence-electron chi connectivity index (χ4n) is 3.61. The van der Waals surface area contributed by atoms with Gasteiger partial charge < -0.3 is 19.0 Å². The number of hydrogen-bond acceptors (Lipinski definition) is 3. The third-order valence-corrected chi connectivity index (χ3v) is 4.92. The van der Waals surface area contributed by atoms with Crippen LogP contribution < -0.4 is 5.32 Å². The molecule has 1 unspecified atom stereocenters. The number of nitrogens with zero attached hydrogens (tertiary/aromatic N) is 3. The standard InChI is InChI=1S/C20H24N4O2/c1-15-8-9-18(26-15)17-6-2-5-13-24(17)20(25)21-11-10-16-14-23-12-4-3-7-19(23)22-16/h3-4,7-9,12,14,17H,2,5-6,10-11,13H2,1H3,(H,21,25). The Kier molecular flexibility index (Phi) is 4.65. The lowest BCUT2D eigenvalue weighted by atomic mass is 10.0. The summed E-state index contributed by atoms with van der Waals surface area (Å²) in [5, 5.41) is 3.05. The molecule has 1 aliphatic heterocycles. The minimum absolute atomic E-state index is 0.0208. The van der Waals surface area contributed by atoms with Crippen molar-refractivity contribution in [2.75, 3.05) is 13.1 Å². The third kappa shape index (κ3) is 3.45. The summed E-state index contributed by atoms with van der Waals surface area (Å²) in [6, 6.07) is 9.89. The summed E-state index contributed by atoms with van der Waals surface area (Å²) in [5.41, 5.74) is 1.91. The number of carbonyl (C=O) groups excluding carboxylic acids is 1. The van der Waals surface area contributed by atoms with Gasteiger partial charge in [-0.25, -0.2) is 9.78 Å². The first-order valence-electron chi connectivity index (χ1n) is 9.24. The Labute approximate surface area is 152 Å². The van der Waals surface area contributed by atoms with Crippen LogP contribution in [0.15, 0.2) is 47.1 Å². The van der Waals surface area contributed by atoms with Gasteiger partial charge in [0.15, 0.2) is 0 Å². The molecule has 4 rings (SSSR count). The number of piperidine rings is 1. The van der Waals surface area contributed by atoms with Crippen molar-refractivity contribution in [1.82, 2.24) is 19.6 Å². The Balaban J connectivity index is 1.37. The second-order valence-electron chi connectivity index (χ2n) is 6.83. The zero-order chi connectivity index (χ0) is 17.9. The molecule has 6 heteroatoms. The van der Waals surface area contributed by atoms with Crippen molar-refractivity contribution in [1.29, 1.82) is 0 Å². The number of aryl methyl sites for hydroxylation is 1. The van der Waals surface area contributed by atoms with Crippen LogP contribution in [0.5, 0.6) is 0 Å². The number of amides is 2. The topological polar surface area (TPSA) is 62.8 Å². The molecule has 1 aliphatic rings. The molecule has 0 aromatic carbocycles. The highest BCUT2D eigenvalue weighted by Crippen LogP contribution is 2.31. The van der Waals surface area contributed by atoms with Gasteiger partial charge in [-0.3, -0.25) is 0 Å². The molecule has 0 saturated carbocycles. The van der Waals surface area contributed by atoms with Gasteiger partial charge in [0, 0.05) is 31.9 Å². The van der Waals surface area contributed by atoms with Gasteiger partial charge in [0.05, 0.1) is 11.7 Å². The summed E-state index contributed by atoms with van der Waals surface area (Å²) < 4.78 is 7.77. The lowest BCUT2D eigenvalue weighted by Crippen LogP contribution is -2.45. The van der Waals surface area contributed by atoms with E-state index in [2.05, 4.69) is 10.3 Å². The smallest absolute Gasteiger partial charge is 0.318 e. The maximum atomic E-state index is 12.7. The molecule has 1 atom stereocenters. The Morgan fingerprint density at radius 3 is 3.04 bits per heavy atom. The normalized spacial score (nSPS) is 17.6. The summed E-state index contributed by atoms with van der Waals surface area (Å²) >= 11 is 0. The molecule has 3 aromatic heterocycles. The minimum Gasteiger partial charge on any atom is -0.464 e. The highest BCUT2D eigenvalue weighted by atomic mass is 16.3. The van der Waals surface area contributed by atoms with Gasteiger partial charge in [-0.05, 0) is 50.5 Å². The van der Waals surface area contributed by atoms with Crippen LogP contribution >= 0.6 is 0 Å². The first kappa shape index (κ1) is 16.7. The first-order chi connectivity index (χ1) is 12.7. The number of urea groups is 1. The number of hydrogen-bond donors (Lipinski definition) is 1. The number of imidazole rings is 1. The molecule has 0 aliphatic carbocycles. The molecule has 0 bridgehead atoms. The molecule has 136 valence electrons. The fraction of sp³-hybridized carbons (Fsp3) is 0.400. The summed E-state index contributed by atoms with van der Waals surface area (Å²) in [4.78, 5) is 19.2. The predicted octanol–water partition coefficient (Wildman–Crippen LogP) is 3.72. The van der Waals surface area contributed by atoms with E-state index < -0.39 is 0 Å². The number of nitrogens with one attached hydrogen (secondary N) is 1. The molecule has 0 radical (unpaired) electrons. The second kappa shape index (κ2) is 7.23. The number of pyridine rings is 1. The third-order valence-electron chi connectivity index (χ3n) is 4.92. The fourth-order valence-corrected chi connectivity index (χ4v) is 3.61. The SMILES string of the molecule is Cc1ccc(C2CCCCN2C(=O)NCCc2cn3ccccc3n2)o1. The van der Waals surface area contributed by atoms with E-state index >= 15 is 0 Å². The van der Waals surface area contributed by atoms with Crippen molar-refractivity contribution in [3.8, 4) is 0 Å². The van der Waals surface area contributed by atoms with Crippen molar-refractivity contribution >= 4 is 11.7 Å². The Bertz CT molecular complexity index is 865. The Morgan fingerprint density at radius 1 is 1.31 bits per heavy atom. The van der Waals surface area contributed by atoms with Crippen molar-refractivity contribution in [3.05, 3.63) is 59.9 Å². The van der Waals surface area contributed by atoms with Gasteiger partial charge >= 0.3 is 6.03 Å². The molecule has 3 aromatic rings. The second-order valence-corrected chi connectivity index (χ2v) is 6.83. The number of furan rings is 1. The monoisotopic (exact) mass is 352 g/mol. The molecular weight excluding hydrogens is 328 g/mol. The van der Waals surface area contributed by atoms with Crippen molar-refractivity contribution in [2.24, 2.45) is 0 Å². The van der Waals surface area contributed by atoms with E-state index in [1.165, 1.54) is 0 Å². The van der Waals surface area contributed by atoms with E-state index in [-0.39, 0.29) is 12.1 Å². The van der Waals surface area contributed by atoms with Gasteiger partial charge in [0.2, 0.25) is 0 Å². The summed E-state index contributed by atoms with van der Waals surface area (Å²) in [7, 11) is 0. The summed E-state index contributed by atoms with van der Waals surface area (Å²) in [6.45, 7) is 3.28. The maximum Gasteiger partial charge on any atom is 0.318 e. The van der Waals surface area contributed by atoms with E-state index in [1.807, 2.05) is 58.9 Å². The highest BCUT2D eigenvalue weighted by molar-refractivity contribution is 5.74. The summed E-state index contributed by atoms with van der Waals surface area (Å²) in [5.74, 6) is 1.77. The van der Waals surface area contributed by atoms with Crippen LogP contribution in [-0.2, 0) is 6.42 Å². The number of aromatic nitrogens is 2. The lowest BCUT2D eigenvalue weighted by Gasteiger charge is -2.34. The van der Waals surface area contributed by atoms with Crippen molar-refractivity contribution in [3.63, 3.8) is 0 Å². The first-order valence-corrected chi connectivity index (χ1v) is 9.24. The van der Waals surface area contributed by atoms with Crippen LogP contribution in [-0.4, -0.2) is 33.4 Å². The molecule has 2 amide bonds. The van der Waals surface area contributed by atoms with E-state index in [9.17, 15) is 4.79 Å². The molecule has 1 saturated heterocycles. The number of rotatable bonds is 4. The number of fused-ring (bicyclic) bond motifs is 1. The zero-order valence-corrected chi connectivity index (χ0v) is 15.0. The Morgan fingerprint density at radius 2 is 2.23 bits per heavy atom. The van der Waals surface area contributed by atoms with Gasteiger partial charge in [-0.1, -0.05) is 6.07 Å². The lowest BCUT2D eigenvalue weighted by molar-refractivity contribution is 0.139. The largest absolute Gasteiger partial charge is 0.464 e. The van der Waals surface area contributed by atoms with Gasteiger partial charge in [-0.15, -0.1) is 0 Å². The van der Waals surface area contributed by atoms with Crippen LogP contribution in [0.2, 0.25) is 0 Å².